The van der Waals surface area contributed by atoms with E-state index in [1.54, 1.807) is 18.2 Å². The van der Waals surface area contributed by atoms with Gasteiger partial charge in [0.15, 0.2) is 12.4 Å². The predicted octanol–water partition coefficient (Wildman–Crippen LogP) is 4.68. The lowest BCUT2D eigenvalue weighted by atomic mass is 10.1. The zero-order valence-electron chi connectivity index (χ0n) is 16.1. The van der Waals surface area contributed by atoms with Crippen LogP contribution >= 0.6 is 0 Å². The summed E-state index contributed by atoms with van der Waals surface area (Å²) in [6, 6.07) is 18.0. The third-order valence-electron chi connectivity index (χ3n) is 4.50. The highest BCUT2D eigenvalue weighted by Crippen LogP contribution is 2.37. The molecule has 0 aliphatic carbocycles. The number of nitrogens with one attached hydrogen (secondary N) is 2. The Morgan fingerprint density at radius 2 is 1.69 bits per heavy atom. The minimum atomic E-state index is -0.320. The van der Waals surface area contributed by atoms with E-state index in [-0.39, 0.29) is 18.4 Å². The zero-order valence-corrected chi connectivity index (χ0v) is 16.1. The molecule has 2 N–H and O–H groups in total. The number of ether oxygens (including phenoxy) is 2. The normalized spacial score (nSPS) is 12.0. The molecule has 1 aliphatic rings. The predicted molar refractivity (Wildman–Crippen MR) is 111 cm³/mol. The van der Waals surface area contributed by atoms with Gasteiger partial charge in [-0.15, -0.1) is 0 Å². The van der Waals surface area contributed by atoms with Crippen LogP contribution in [0.3, 0.4) is 0 Å². The number of benzene rings is 3. The zero-order chi connectivity index (χ0) is 20.4. The van der Waals surface area contributed by atoms with Gasteiger partial charge in [0, 0.05) is 5.69 Å². The number of hydrogen-bond donors (Lipinski definition) is 2. The van der Waals surface area contributed by atoms with Crippen LogP contribution in [-0.4, -0.2) is 18.4 Å². The van der Waals surface area contributed by atoms with E-state index in [9.17, 15) is 9.59 Å². The number of fused-ring (bicyclic) bond motifs is 2. The molecule has 0 spiro atoms. The van der Waals surface area contributed by atoms with Crippen LogP contribution in [0.2, 0.25) is 0 Å². The van der Waals surface area contributed by atoms with Crippen molar-refractivity contribution in [3.63, 3.8) is 0 Å². The smallest absolute Gasteiger partial charge is 0.262 e. The Kier molecular flexibility index (Phi) is 4.91. The van der Waals surface area contributed by atoms with E-state index in [0.29, 0.717) is 34.2 Å². The van der Waals surface area contributed by atoms with Crippen LogP contribution in [0, 0.1) is 13.8 Å². The van der Waals surface area contributed by atoms with Gasteiger partial charge in [0.25, 0.3) is 11.8 Å². The van der Waals surface area contributed by atoms with Gasteiger partial charge in [-0.2, -0.15) is 0 Å². The second kappa shape index (κ2) is 7.67. The maximum absolute atomic E-state index is 12.6. The van der Waals surface area contributed by atoms with Gasteiger partial charge < -0.3 is 20.1 Å². The molecule has 146 valence electrons. The summed E-state index contributed by atoms with van der Waals surface area (Å²) < 4.78 is 11.4. The highest BCUT2D eigenvalue weighted by atomic mass is 16.5. The van der Waals surface area contributed by atoms with Crippen molar-refractivity contribution in [1.29, 1.82) is 0 Å². The van der Waals surface area contributed by atoms with Crippen molar-refractivity contribution in [2.75, 3.05) is 17.2 Å². The summed E-state index contributed by atoms with van der Waals surface area (Å²) in [5, 5.41) is 5.60. The molecule has 1 aliphatic heterocycles. The number of carbonyl (C=O) groups is 2. The van der Waals surface area contributed by atoms with Gasteiger partial charge >= 0.3 is 0 Å². The Labute approximate surface area is 168 Å². The minimum Gasteiger partial charge on any atom is -0.484 e. The van der Waals surface area contributed by atoms with Gasteiger partial charge in [-0.25, -0.2) is 0 Å². The van der Waals surface area contributed by atoms with E-state index in [0.717, 1.165) is 11.1 Å². The summed E-state index contributed by atoms with van der Waals surface area (Å²) >= 11 is 0. The fraction of sp³-hybridized carbons (Fsp3) is 0.130. The number of aryl methyl sites for hydroxylation is 2. The van der Waals surface area contributed by atoms with Crippen molar-refractivity contribution < 1.29 is 19.1 Å². The first-order chi connectivity index (χ1) is 14.0. The Balaban J connectivity index is 1.46. The van der Waals surface area contributed by atoms with Gasteiger partial charge in [-0.05, 0) is 61.9 Å². The van der Waals surface area contributed by atoms with Crippen LogP contribution in [0.4, 0.5) is 11.4 Å². The third kappa shape index (κ3) is 4.21. The van der Waals surface area contributed by atoms with Crippen LogP contribution in [0.5, 0.6) is 17.2 Å². The number of amides is 2. The molecule has 6 nitrogen and oxygen atoms in total. The molecule has 1 heterocycles. The average molecular weight is 388 g/mol. The van der Waals surface area contributed by atoms with Gasteiger partial charge in [-0.1, -0.05) is 23.8 Å². The second-order valence-electron chi connectivity index (χ2n) is 6.92. The lowest BCUT2D eigenvalue weighted by molar-refractivity contribution is -0.118. The Morgan fingerprint density at radius 1 is 0.966 bits per heavy atom. The van der Waals surface area contributed by atoms with Crippen molar-refractivity contribution >= 4 is 23.2 Å². The number of anilines is 2. The van der Waals surface area contributed by atoms with E-state index in [1.807, 2.05) is 56.3 Å². The van der Waals surface area contributed by atoms with Gasteiger partial charge in [0.05, 0.1) is 11.3 Å². The molecule has 0 saturated carbocycles. The second-order valence-corrected chi connectivity index (χ2v) is 6.92. The molecule has 0 fully saturated rings. The molecule has 0 unspecified atom stereocenters. The van der Waals surface area contributed by atoms with E-state index in [1.165, 1.54) is 0 Å². The monoisotopic (exact) mass is 388 g/mol. The molecular formula is C23H20N2O4. The molecule has 0 atom stereocenters. The van der Waals surface area contributed by atoms with Gasteiger partial charge in [-0.3, -0.25) is 9.59 Å². The number of rotatable bonds is 4. The van der Waals surface area contributed by atoms with Crippen molar-refractivity contribution in [2.24, 2.45) is 0 Å². The molecule has 3 aromatic carbocycles. The quantitative estimate of drug-likeness (QED) is 0.680. The molecule has 0 aromatic heterocycles. The molecule has 3 aromatic rings. The van der Waals surface area contributed by atoms with Gasteiger partial charge in [0.2, 0.25) is 0 Å². The molecule has 0 bridgehead atoms. The van der Waals surface area contributed by atoms with Crippen molar-refractivity contribution in [3.8, 4) is 17.2 Å². The van der Waals surface area contributed by atoms with E-state index >= 15 is 0 Å². The first-order valence-corrected chi connectivity index (χ1v) is 9.21. The number of carbonyl (C=O) groups excluding carboxylic acids is 2. The van der Waals surface area contributed by atoms with Gasteiger partial charge in [0.1, 0.15) is 11.5 Å². The SMILES string of the molecule is Cc1ccc(OCC(=O)Nc2ccc3c(c2)C(=O)Nc2cc(C)ccc2O3)cc1. The third-order valence-corrected chi connectivity index (χ3v) is 4.50. The standard InChI is InChI=1S/C23H20N2O4/c1-14-3-7-17(8-4-14)28-13-22(26)24-16-6-10-20-18(12-16)23(27)25-19-11-15(2)5-9-21(19)29-20/h3-12H,13H2,1-2H3,(H,24,26)(H,25,27). The van der Waals surface area contributed by atoms with Crippen LogP contribution < -0.4 is 20.1 Å². The Bertz CT molecular complexity index is 1090. The van der Waals surface area contributed by atoms with Crippen LogP contribution in [0.15, 0.2) is 60.7 Å². The first-order valence-electron chi connectivity index (χ1n) is 9.21. The fourth-order valence-corrected chi connectivity index (χ4v) is 2.99. The number of hydrogen-bond acceptors (Lipinski definition) is 4. The summed E-state index contributed by atoms with van der Waals surface area (Å²) in [6.07, 6.45) is 0. The summed E-state index contributed by atoms with van der Waals surface area (Å²) in [4.78, 5) is 24.8. The average Bonchev–Trinajstić information content (AvgIpc) is 2.83. The summed E-state index contributed by atoms with van der Waals surface area (Å²) in [5.41, 5.74) is 3.58. The maximum Gasteiger partial charge on any atom is 0.262 e. The topological polar surface area (TPSA) is 76.7 Å². The molecule has 6 heteroatoms. The van der Waals surface area contributed by atoms with Crippen molar-refractivity contribution in [3.05, 3.63) is 77.4 Å². The summed E-state index contributed by atoms with van der Waals surface area (Å²) in [7, 11) is 0. The molecule has 0 saturated heterocycles. The first kappa shape index (κ1) is 18.6. The molecule has 0 radical (unpaired) electrons. The highest BCUT2D eigenvalue weighted by Gasteiger charge is 2.21. The van der Waals surface area contributed by atoms with Crippen LogP contribution in [-0.2, 0) is 4.79 Å². The lowest BCUT2D eigenvalue weighted by Gasteiger charge is -2.11. The summed E-state index contributed by atoms with van der Waals surface area (Å²) in [6.45, 7) is 3.79. The fourth-order valence-electron chi connectivity index (χ4n) is 2.99. The molecule has 29 heavy (non-hydrogen) atoms. The van der Waals surface area contributed by atoms with Crippen molar-refractivity contribution in [1.82, 2.24) is 0 Å². The molecule has 2 amide bonds. The van der Waals surface area contributed by atoms with E-state index in [2.05, 4.69) is 10.6 Å². The Morgan fingerprint density at radius 3 is 2.48 bits per heavy atom. The van der Waals surface area contributed by atoms with E-state index in [4.69, 9.17) is 9.47 Å². The maximum atomic E-state index is 12.6. The summed E-state index contributed by atoms with van der Waals surface area (Å²) in [5.74, 6) is 1.01. The van der Waals surface area contributed by atoms with E-state index < -0.39 is 0 Å². The lowest BCUT2D eigenvalue weighted by Crippen LogP contribution is -2.20. The van der Waals surface area contributed by atoms with Crippen molar-refractivity contribution in [2.45, 2.75) is 13.8 Å². The van der Waals surface area contributed by atoms with Crippen LogP contribution in [0.25, 0.3) is 0 Å². The highest BCUT2D eigenvalue weighted by molar-refractivity contribution is 6.09. The van der Waals surface area contributed by atoms with Crippen LogP contribution in [0.1, 0.15) is 21.5 Å². The molecule has 4 rings (SSSR count). The molecular weight excluding hydrogens is 368 g/mol. The minimum absolute atomic E-state index is 0.131. The Hall–Kier alpha value is -3.80. The largest absolute Gasteiger partial charge is 0.484 e.